The van der Waals surface area contributed by atoms with Gasteiger partial charge in [0.2, 0.25) is 0 Å². The Morgan fingerprint density at radius 1 is 1.40 bits per heavy atom. The normalized spacial score (nSPS) is 16.8. The van der Waals surface area contributed by atoms with E-state index in [9.17, 15) is 4.79 Å². The second-order valence-corrected chi connectivity index (χ2v) is 6.51. The van der Waals surface area contributed by atoms with Crippen molar-refractivity contribution in [2.45, 2.75) is 25.8 Å². The maximum atomic E-state index is 12.5. The Morgan fingerprint density at radius 3 is 2.85 bits per heavy atom. The van der Waals surface area contributed by atoms with Gasteiger partial charge in [0.25, 0.3) is 5.91 Å². The Bertz CT molecular complexity index is 629. The van der Waals surface area contributed by atoms with Crippen LogP contribution < -0.4 is 5.32 Å². The average Bonchev–Trinajstić information content (AvgIpc) is 2.85. The topological polar surface area (TPSA) is 45.2 Å². The summed E-state index contributed by atoms with van der Waals surface area (Å²) in [5.74, 6) is 0.132. The molecule has 1 aliphatic heterocycles. The van der Waals surface area contributed by atoms with E-state index in [1.165, 1.54) is 0 Å². The molecule has 1 amide bonds. The lowest BCUT2D eigenvalue weighted by Crippen LogP contribution is -2.43. The number of nitrogens with one attached hydrogen (secondary N) is 1. The van der Waals surface area contributed by atoms with Crippen LogP contribution in [0.4, 0.5) is 0 Å². The lowest BCUT2D eigenvalue weighted by atomic mass is 10.0. The zero-order valence-electron chi connectivity index (χ0n) is 11.8. The molecule has 0 radical (unpaired) electrons. The molecule has 1 N–H and O–H groups in total. The number of amides is 1. The maximum absolute atomic E-state index is 12.5. The number of hydrogen-bond donors (Lipinski definition) is 1. The van der Waals surface area contributed by atoms with Gasteiger partial charge >= 0.3 is 0 Å². The molecule has 0 atom stereocenters. The number of carbonyl (C=O) groups is 1. The van der Waals surface area contributed by atoms with Gasteiger partial charge in [0.15, 0.2) is 0 Å². The van der Waals surface area contributed by atoms with Gasteiger partial charge in [-0.25, -0.2) is 4.98 Å². The van der Waals surface area contributed by atoms with E-state index < -0.39 is 0 Å². The van der Waals surface area contributed by atoms with E-state index in [0.29, 0.717) is 6.04 Å². The van der Waals surface area contributed by atoms with Crippen LogP contribution in [0.15, 0.2) is 18.2 Å². The smallest absolute Gasteiger partial charge is 0.253 e. The number of piperidine rings is 1. The van der Waals surface area contributed by atoms with Gasteiger partial charge in [-0.1, -0.05) is 0 Å². The molecule has 0 aliphatic carbocycles. The predicted molar refractivity (Wildman–Crippen MR) is 82.3 cm³/mol. The molecular weight excluding hydrogens is 270 g/mol. The summed E-state index contributed by atoms with van der Waals surface area (Å²) < 4.78 is 1.15. The summed E-state index contributed by atoms with van der Waals surface area (Å²) >= 11 is 1.67. The first-order chi connectivity index (χ1) is 9.67. The van der Waals surface area contributed by atoms with Crippen molar-refractivity contribution in [2.24, 2.45) is 0 Å². The average molecular weight is 289 g/mol. The van der Waals surface area contributed by atoms with Crippen molar-refractivity contribution in [3.8, 4) is 0 Å². The SMILES string of the molecule is CNC1CCN(C(=O)c2ccc3sc(C)nc3c2)CC1. The van der Waals surface area contributed by atoms with Crippen LogP contribution in [-0.2, 0) is 0 Å². The molecule has 1 aromatic carbocycles. The summed E-state index contributed by atoms with van der Waals surface area (Å²) in [5.41, 5.74) is 1.69. The van der Waals surface area contributed by atoms with Crippen LogP contribution in [0.2, 0.25) is 0 Å². The number of likely N-dealkylation sites (tertiary alicyclic amines) is 1. The second-order valence-electron chi connectivity index (χ2n) is 5.27. The number of benzene rings is 1. The molecule has 3 rings (SSSR count). The van der Waals surface area contributed by atoms with E-state index >= 15 is 0 Å². The summed E-state index contributed by atoms with van der Waals surface area (Å²) in [7, 11) is 1.99. The molecule has 2 heterocycles. The molecule has 106 valence electrons. The first-order valence-electron chi connectivity index (χ1n) is 7.01. The van der Waals surface area contributed by atoms with Crippen molar-refractivity contribution in [3.05, 3.63) is 28.8 Å². The summed E-state index contributed by atoms with van der Waals surface area (Å²) in [5, 5.41) is 4.32. The Labute approximate surface area is 122 Å². The number of thiazole rings is 1. The molecule has 20 heavy (non-hydrogen) atoms. The Kier molecular flexibility index (Phi) is 3.72. The highest BCUT2D eigenvalue weighted by molar-refractivity contribution is 7.18. The van der Waals surface area contributed by atoms with Crippen molar-refractivity contribution in [3.63, 3.8) is 0 Å². The molecule has 5 heteroatoms. The van der Waals surface area contributed by atoms with E-state index in [1.807, 2.05) is 37.1 Å². The van der Waals surface area contributed by atoms with Gasteiger partial charge in [-0.15, -0.1) is 11.3 Å². The zero-order chi connectivity index (χ0) is 14.1. The molecule has 1 fully saturated rings. The van der Waals surface area contributed by atoms with Crippen LogP contribution >= 0.6 is 11.3 Å². The summed E-state index contributed by atoms with van der Waals surface area (Å²) in [6, 6.07) is 6.40. The molecule has 2 aromatic rings. The number of rotatable bonds is 2. The molecule has 4 nitrogen and oxygen atoms in total. The molecule has 0 spiro atoms. The summed E-state index contributed by atoms with van der Waals surface area (Å²) in [6.07, 6.45) is 2.06. The quantitative estimate of drug-likeness (QED) is 0.923. The molecule has 0 bridgehead atoms. The van der Waals surface area contributed by atoms with Gasteiger partial charge in [-0.05, 0) is 45.0 Å². The fourth-order valence-corrected chi connectivity index (χ4v) is 3.54. The molecule has 0 unspecified atom stereocenters. The van der Waals surface area contributed by atoms with Crippen molar-refractivity contribution >= 4 is 27.5 Å². The summed E-state index contributed by atoms with van der Waals surface area (Å²) in [6.45, 7) is 3.66. The number of carbonyl (C=O) groups excluding carboxylic acids is 1. The van der Waals surface area contributed by atoms with Crippen molar-refractivity contribution < 1.29 is 4.79 Å². The number of fused-ring (bicyclic) bond motifs is 1. The van der Waals surface area contributed by atoms with E-state index in [2.05, 4.69) is 10.3 Å². The third kappa shape index (κ3) is 2.55. The second kappa shape index (κ2) is 5.50. The predicted octanol–water partition coefficient (Wildman–Crippen LogP) is 2.43. The van der Waals surface area contributed by atoms with Crippen LogP contribution in [0.3, 0.4) is 0 Å². The van der Waals surface area contributed by atoms with Gasteiger partial charge in [0.05, 0.1) is 15.2 Å². The molecule has 1 aliphatic rings. The first kappa shape index (κ1) is 13.5. The van der Waals surface area contributed by atoms with E-state index in [4.69, 9.17) is 0 Å². The number of aryl methyl sites for hydroxylation is 1. The minimum Gasteiger partial charge on any atom is -0.339 e. The molecule has 1 aromatic heterocycles. The van der Waals surface area contributed by atoms with Crippen molar-refractivity contribution in [1.82, 2.24) is 15.2 Å². The lowest BCUT2D eigenvalue weighted by Gasteiger charge is -2.31. The van der Waals surface area contributed by atoms with E-state index in [0.717, 1.165) is 46.7 Å². The van der Waals surface area contributed by atoms with Crippen LogP contribution in [0.25, 0.3) is 10.2 Å². The largest absolute Gasteiger partial charge is 0.339 e. The maximum Gasteiger partial charge on any atom is 0.253 e. The molecule has 1 saturated heterocycles. The standard InChI is InChI=1S/C15H19N3OS/c1-10-17-13-9-11(3-4-14(13)20-10)15(19)18-7-5-12(16-2)6-8-18/h3-4,9,12,16H,5-8H2,1-2H3. The van der Waals surface area contributed by atoms with E-state index in [1.54, 1.807) is 11.3 Å². The van der Waals surface area contributed by atoms with Crippen LogP contribution in [0, 0.1) is 6.92 Å². The first-order valence-corrected chi connectivity index (χ1v) is 7.83. The third-order valence-electron chi connectivity index (χ3n) is 3.93. The lowest BCUT2D eigenvalue weighted by molar-refractivity contribution is 0.0707. The fourth-order valence-electron chi connectivity index (χ4n) is 2.73. The highest BCUT2D eigenvalue weighted by Gasteiger charge is 2.22. The Balaban J connectivity index is 1.78. The Hall–Kier alpha value is -1.46. The van der Waals surface area contributed by atoms with Crippen LogP contribution in [0.1, 0.15) is 28.2 Å². The van der Waals surface area contributed by atoms with Gasteiger partial charge in [-0.2, -0.15) is 0 Å². The van der Waals surface area contributed by atoms with Crippen molar-refractivity contribution in [2.75, 3.05) is 20.1 Å². The minimum atomic E-state index is 0.132. The third-order valence-corrected chi connectivity index (χ3v) is 4.88. The van der Waals surface area contributed by atoms with Crippen LogP contribution in [-0.4, -0.2) is 42.0 Å². The number of nitrogens with zero attached hydrogens (tertiary/aromatic N) is 2. The van der Waals surface area contributed by atoms with Gasteiger partial charge < -0.3 is 10.2 Å². The Morgan fingerprint density at radius 2 is 2.15 bits per heavy atom. The highest BCUT2D eigenvalue weighted by atomic mass is 32.1. The van der Waals surface area contributed by atoms with Gasteiger partial charge in [0.1, 0.15) is 0 Å². The fraction of sp³-hybridized carbons (Fsp3) is 0.467. The number of aromatic nitrogens is 1. The molecule has 0 saturated carbocycles. The monoisotopic (exact) mass is 289 g/mol. The summed E-state index contributed by atoms with van der Waals surface area (Å²) in [4.78, 5) is 18.9. The van der Waals surface area contributed by atoms with E-state index in [-0.39, 0.29) is 5.91 Å². The minimum absolute atomic E-state index is 0.132. The van der Waals surface area contributed by atoms with Crippen LogP contribution in [0.5, 0.6) is 0 Å². The highest BCUT2D eigenvalue weighted by Crippen LogP contribution is 2.23. The van der Waals surface area contributed by atoms with Gasteiger partial charge in [-0.3, -0.25) is 4.79 Å². The zero-order valence-corrected chi connectivity index (χ0v) is 12.7. The number of hydrogen-bond acceptors (Lipinski definition) is 4. The van der Waals surface area contributed by atoms with Crippen molar-refractivity contribution in [1.29, 1.82) is 0 Å². The van der Waals surface area contributed by atoms with Gasteiger partial charge in [0, 0.05) is 24.7 Å². The molecular formula is C15H19N3OS.